The number of carbonyl (C=O) groups is 3. The van der Waals surface area contributed by atoms with Gasteiger partial charge >= 0.3 is 5.97 Å². The van der Waals surface area contributed by atoms with Crippen molar-refractivity contribution in [2.45, 2.75) is 31.2 Å². The van der Waals surface area contributed by atoms with Crippen molar-refractivity contribution < 1.29 is 24.6 Å². The Morgan fingerprint density at radius 3 is 2.50 bits per heavy atom. The Labute approximate surface area is 166 Å². The second kappa shape index (κ2) is 6.89. The van der Waals surface area contributed by atoms with E-state index >= 15 is 0 Å². The maximum absolute atomic E-state index is 12.4. The van der Waals surface area contributed by atoms with Gasteiger partial charge in [-0.2, -0.15) is 0 Å². The summed E-state index contributed by atoms with van der Waals surface area (Å²) in [6.45, 7) is 4.50. The molecule has 0 radical (unpaired) electrons. The molecule has 1 aromatic rings. The largest absolute Gasteiger partial charge is 0.477 e. The second-order valence-corrected chi connectivity index (χ2v) is 8.80. The molecule has 9 heteroatoms. The van der Waals surface area contributed by atoms with Crippen molar-refractivity contribution in [3.05, 3.63) is 40.7 Å². The standard InChI is InChI=1S/C19H21N3O5S/c1-9-14-13(10(2)23)18(25)22(14)15(19(26)27)16(9)28-12-7-21(8-12)17(24)11-3-5-20-6-4-11/h3-6,9-10,12-14,23H,7-8H2,1-2H3,(H,26,27)/t9-,10-,13-,14-/m1/s1. The van der Waals surface area contributed by atoms with E-state index in [0.717, 1.165) is 0 Å². The van der Waals surface area contributed by atoms with Crippen LogP contribution in [0.1, 0.15) is 24.2 Å². The van der Waals surface area contributed by atoms with Gasteiger partial charge in [0.25, 0.3) is 5.91 Å². The summed E-state index contributed by atoms with van der Waals surface area (Å²) in [6, 6.07) is 3.02. The zero-order valence-corrected chi connectivity index (χ0v) is 16.3. The van der Waals surface area contributed by atoms with Crippen molar-refractivity contribution in [2.75, 3.05) is 13.1 Å². The first-order chi connectivity index (χ1) is 13.3. The number of carbonyl (C=O) groups excluding carboxylic acids is 2. The van der Waals surface area contributed by atoms with Gasteiger partial charge in [-0.1, -0.05) is 6.92 Å². The van der Waals surface area contributed by atoms with E-state index in [2.05, 4.69) is 4.98 Å². The van der Waals surface area contributed by atoms with E-state index in [-0.39, 0.29) is 34.7 Å². The summed E-state index contributed by atoms with van der Waals surface area (Å²) in [5.74, 6) is -2.24. The van der Waals surface area contributed by atoms with Crippen LogP contribution in [0.3, 0.4) is 0 Å². The molecule has 0 spiro atoms. The summed E-state index contributed by atoms with van der Waals surface area (Å²) in [7, 11) is 0. The highest BCUT2D eigenvalue weighted by molar-refractivity contribution is 8.03. The highest BCUT2D eigenvalue weighted by Crippen LogP contribution is 2.51. The number of amides is 2. The molecule has 0 unspecified atom stereocenters. The summed E-state index contributed by atoms with van der Waals surface area (Å²) in [5.41, 5.74) is 0.607. The van der Waals surface area contributed by atoms with Crippen LogP contribution in [0.25, 0.3) is 0 Å². The molecule has 148 valence electrons. The number of aromatic nitrogens is 1. The van der Waals surface area contributed by atoms with Crippen molar-refractivity contribution >= 4 is 29.5 Å². The third-order valence-electron chi connectivity index (χ3n) is 5.67. The van der Waals surface area contributed by atoms with Crippen LogP contribution in [0.15, 0.2) is 35.1 Å². The Balaban J connectivity index is 1.46. The number of fused-ring (bicyclic) bond motifs is 1. The number of nitrogens with zero attached hydrogens (tertiary/aromatic N) is 3. The van der Waals surface area contributed by atoms with Crippen LogP contribution >= 0.6 is 11.8 Å². The molecule has 2 N–H and O–H groups in total. The number of carboxylic acids is 1. The summed E-state index contributed by atoms with van der Waals surface area (Å²) >= 11 is 1.44. The van der Waals surface area contributed by atoms with Crippen molar-refractivity contribution in [3.8, 4) is 0 Å². The summed E-state index contributed by atoms with van der Waals surface area (Å²) in [4.78, 5) is 44.2. The highest BCUT2D eigenvalue weighted by atomic mass is 32.2. The molecule has 28 heavy (non-hydrogen) atoms. The fourth-order valence-electron chi connectivity index (χ4n) is 4.21. The lowest BCUT2D eigenvalue weighted by Gasteiger charge is -2.46. The Hall–Kier alpha value is -2.39. The number of carboxylic acid groups (broad SMARTS) is 1. The maximum atomic E-state index is 12.4. The smallest absolute Gasteiger partial charge is 0.353 e. The van der Waals surface area contributed by atoms with Crippen LogP contribution in [0.2, 0.25) is 0 Å². The van der Waals surface area contributed by atoms with Gasteiger partial charge in [0.1, 0.15) is 5.70 Å². The quantitative estimate of drug-likeness (QED) is 0.700. The number of rotatable bonds is 5. The first kappa shape index (κ1) is 18.9. The Morgan fingerprint density at radius 2 is 1.93 bits per heavy atom. The predicted octanol–water partition coefficient (Wildman–Crippen LogP) is 0.793. The molecule has 0 saturated carbocycles. The van der Waals surface area contributed by atoms with E-state index in [1.165, 1.54) is 16.7 Å². The van der Waals surface area contributed by atoms with Gasteiger partial charge in [0.15, 0.2) is 0 Å². The Morgan fingerprint density at radius 1 is 1.29 bits per heavy atom. The molecule has 4 atom stereocenters. The minimum atomic E-state index is -1.13. The van der Waals surface area contributed by atoms with E-state index in [0.29, 0.717) is 23.6 Å². The van der Waals surface area contributed by atoms with Crippen LogP contribution in [0.4, 0.5) is 0 Å². The second-order valence-electron chi connectivity index (χ2n) is 7.46. The van der Waals surface area contributed by atoms with Crippen LogP contribution in [-0.4, -0.2) is 73.3 Å². The molecule has 3 aliphatic rings. The zero-order valence-electron chi connectivity index (χ0n) is 15.5. The molecule has 2 saturated heterocycles. The van der Waals surface area contributed by atoms with Crippen molar-refractivity contribution in [1.29, 1.82) is 0 Å². The van der Waals surface area contributed by atoms with Gasteiger partial charge in [0.05, 0.1) is 18.1 Å². The monoisotopic (exact) mass is 403 g/mol. The van der Waals surface area contributed by atoms with Gasteiger partial charge in [-0.3, -0.25) is 14.6 Å². The number of aliphatic carboxylic acids is 1. The minimum Gasteiger partial charge on any atom is -0.477 e. The van der Waals surface area contributed by atoms with Gasteiger partial charge in [-0.15, -0.1) is 11.8 Å². The molecule has 0 aromatic carbocycles. The van der Waals surface area contributed by atoms with E-state index in [9.17, 15) is 24.6 Å². The number of likely N-dealkylation sites (tertiary alicyclic amines) is 1. The number of hydrogen-bond donors (Lipinski definition) is 2. The molecule has 0 aliphatic carbocycles. The number of aliphatic hydroxyl groups excluding tert-OH is 1. The van der Waals surface area contributed by atoms with Crippen LogP contribution in [0.5, 0.6) is 0 Å². The number of hydrogen-bond acceptors (Lipinski definition) is 6. The molecule has 8 nitrogen and oxygen atoms in total. The minimum absolute atomic E-state index is 0.0308. The number of thioether (sulfide) groups is 1. The zero-order chi connectivity index (χ0) is 20.2. The maximum Gasteiger partial charge on any atom is 0.353 e. The molecule has 2 amide bonds. The molecule has 4 heterocycles. The average Bonchev–Trinajstić information content (AvgIpc) is 2.86. The van der Waals surface area contributed by atoms with E-state index in [4.69, 9.17) is 0 Å². The van der Waals surface area contributed by atoms with Gasteiger partial charge in [-0.05, 0) is 19.1 Å². The molecule has 1 aromatic heterocycles. The Kier molecular flexibility index (Phi) is 4.67. The molecule has 3 aliphatic heterocycles. The van der Waals surface area contributed by atoms with Crippen molar-refractivity contribution in [1.82, 2.24) is 14.8 Å². The van der Waals surface area contributed by atoms with Gasteiger partial charge in [0.2, 0.25) is 5.91 Å². The van der Waals surface area contributed by atoms with E-state index in [1.54, 1.807) is 36.4 Å². The van der Waals surface area contributed by atoms with Crippen molar-refractivity contribution in [2.24, 2.45) is 11.8 Å². The number of pyridine rings is 1. The lowest BCUT2D eigenvalue weighted by molar-refractivity contribution is -0.163. The predicted molar refractivity (Wildman–Crippen MR) is 101 cm³/mol. The topological polar surface area (TPSA) is 111 Å². The number of β-lactam (4-membered cyclic amide) rings is 1. The molecule has 0 bridgehead atoms. The van der Waals surface area contributed by atoms with Crippen molar-refractivity contribution in [3.63, 3.8) is 0 Å². The van der Waals surface area contributed by atoms with E-state index < -0.39 is 18.0 Å². The fraction of sp³-hybridized carbons (Fsp3) is 0.474. The molecular formula is C19H21N3O5S. The summed E-state index contributed by atoms with van der Waals surface area (Å²) in [6.07, 6.45) is 2.33. The molecule has 4 rings (SSSR count). The third kappa shape index (κ3) is 2.80. The average molecular weight is 403 g/mol. The first-order valence-electron chi connectivity index (χ1n) is 9.15. The highest BCUT2D eigenvalue weighted by Gasteiger charge is 2.60. The SMILES string of the molecule is C[C@@H](O)[C@H]1C(=O)N2C(C(=O)O)=C(SC3CN(C(=O)c4ccncc4)C3)[C@H](C)[C@H]12. The summed E-state index contributed by atoms with van der Waals surface area (Å²) < 4.78 is 0. The van der Waals surface area contributed by atoms with Gasteiger partial charge < -0.3 is 20.0 Å². The fourth-order valence-corrected chi connectivity index (χ4v) is 5.73. The lowest BCUT2D eigenvalue weighted by Crippen LogP contribution is -2.63. The molecular weight excluding hydrogens is 382 g/mol. The summed E-state index contributed by atoms with van der Waals surface area (Å²) in [5, 5.41) is 19.6. The first-order valence-corrected chi connectivity index (χ1v) is 10.0. The van der Waals surface area contributed by atoms with Gasteiger partial charge in [-0.25, -0.2) is 4.79 Å². The van der Waals surface area contributed by atoms with Crippen LogP contribution < -0.4 is 0 Å². The number of aliphatic hydroxyl groups is 1. The lowest BCUT2D eigenvalue weighted by atomic mass is 9.79. The van der Waals surface area contributed by atoms with Crippen LogP contribution in [0, 0.1) is 11.8 Å². The Bertz CT molecular complexity index is 866. The molecule has 2 fully saturated rings. The van der Waals surface area contributed by atoms with Crippen LogP contribution in [-0.2, 0) is 9.59 Å². The normalized spacial score (nSPS) is 28.0. The van der Waals surface area contributed by atoms with E-state index in [1.807, 2.05) is 6.92 Å². The van der Waals surface area contributed by atoms with Gasteiger partial charge in [0, 0.05) is 47.1 Å². The third-order valence-corrected chi connectivity index (χ3v) is 7.12.